The summed E-state index contributed by atoms with van der Waals surface area (Å²) in [4.78, 5) is 34.6. The van der Waals surface area contributed by atoms with Crippen molar-refractivity contribution >= 4 is 17.6 Å². The average molecular weight is 380 g/mol. The second-order valence-corrected chi connectivity index (χ2v) is 6.97. The number of fused-ring (bicyclic) bond motifs is 2. The summed E-state index contributed by atoms with van der Waals surface area (Å²) in [6, 6.07) is 5.33. The van der Waals surface area contributed by atoms with Crippen LogP contribution in [0.25, 0.3) is 0 Å². The Morgan fingerprint density at radius 3 is 2.86 bits per heavy atom. The molecule has 1 atom stereocenters. The molecule has 1 fully saturated rings. The third-order valence-electron chi connectivity index (χ3n) is 5.12. The molecule has 1 aromatic carbocycles. The van der Waals surface area contributed by atoms with Gasteiger partial charge in [-0.25, -0.2) is 14.2 Å². The van der Waals surface area contributed by atoms with Crippen molar-refractivity contribution in [1.82, 2.24) is 20.2 Å². The van der Waals surface area contributed by atoms with E-state index in [4.69, 9.17) is 5.26 Å². The number of rotatable bonds is 4. The highest BCUT2D eigenvalue weighted by atomic mass is 19.1. The summed E-state index contributed by atoms with van der Waals surface area (Å²) in [5, 5.41) is 14.3. The number of nitrogens with zero attached hydrogens (tertiary/aromatic N) is 4. The van der Waals surface area contributed by atoms with Crippen LogP contribution in [0.1, 0.15) is 42.8 Å². The van der Waals surface area contributed by atoms with Gasteiger partial charge >= 0.3 is 6.03 Å². The molecular weight excluding hydrogens is 363 g/mol. The number of aromatic nitrogens is 2. The smallest absolute Gasteiger partial charge is 0.323 e. The van der Waals surface area contributed by atoms with Gasteiger partial charge in [0.1, 0.15) is 18.4 Å². The van der Waals surface area contributed by atoms with Gasteiger partial charge in [-0.15, -0.1) is 0 Å². The van der Waals surface area contributed by atoms with E-state index in [1.807, 2.05) is 6.07 Å². The lowest BCUT2D eigenvalue weighted by molar-refractivity contribution is -0.123. The number of urea groups is 1. The third-order valence-corrected chi connectivity index (χ3v) is 5.12. The van der Waals surface area contributed by atoms with E-state index in [0.29, 0.717) is 29.8 Å². The zero-order valence-electron chi connectivity index (χ0n) is 15.1. The summed E-state index contributed by atoms with van der Waals surface area (Å²) in [5.74, 6) is -0.737. The van der Waals surface area contributed by atoms with Crippen LogP contribution in [0.5, 0.6) is 0 Å². The van der Waals surface area contributed by atoms with E-state index in [1.54, 1.807) is 13.0 Å². The summed E-state index contributed by atoms with van der Waals surface area (Å²) in [6.07, 6.45) is 4.13. The minimum atomic E-state index is -0.630. The summed E-state index contributed by atoms with van der Waals surface area (Å²) < 4.78 is 13.7. The first-order chi connectivity index (χ1) is 13.4. The van der Waals surface area contributed by atoms with Crippen LogP contribution in [0, 0.1) is 17.1 Å². The zero-order valence-corrected chi connectivity index (χ0v) is 15.1. The van der Waals surface area contributed by atoms with Crippen LogP contribution in [0.15, 0.2) is 30.6 Å². The number of amides is 3. The lowest BCUT2D eigenvalue weighted by Gasteiger charge is -2.37. The molecule has 28 heavy (non-hydrogen) atoms. The Kier molecular flexibility index (Phi) is 4.19. The Morgan fingerprint density at radius 2 is 2.21 bits per heavy atom. The Balaban J connectivity index is 1.48. The normalized spacial score (nSPS) is 17.3. The molecule has 2 N–H and O–H groups in total. The van der Waals surface area contributed by atoms with E-state index in [1.165, 1.54) is 29.4 Å². The number of nitrogens with one attached hydrogen (secondary N) is 2. The van der Waals surface area contributed by atoms with Crippen molar-refractivity contribution in [1.29, 1.82) is 5.26 Å². The Hall–Kier alpha value is -3.54. The number of halogens is 1. The number of nitriles is 1. The van der Waals surface area contributed by atoms with Crippen LogP contribution >= 0.6 is 0 Å². The van der Waals surface area contributed by atoms with Crippen molar-refractivity contribution in [2.45, 2.75) is 31.3 Å². The van der Waals surface area contributed by atoms with Crippen LogP contribution < -0.4 is 10.6 Å². The van der Waals surface area contributed by atoms with Crippen molar-refractivity contribution < 1.29 is 14.0 Å². The van der Waals surface area contributed by atoms with Crippen LogP contribution in [-0.2, 0) is 10.3 Å². The first-order valence-electron chi connectivity index (χ1n) is 8.83. The molecule has 1 aromatic heterocycles. The molecule has 1 saturated carbocycles. The van der Waals surface area contributed by atoms with Crippen LogP contribution in [0.3, 0.4) is 0 Å². The SMILES string of the molecule is C[C@H](NC(=O)CN1C(=O)Nc2ccc(F)cc2C12CC2)c1cnc(C#N)cn1. The van der Waals surface area contributed by atoms with E-state index in [2.05, 4.69) is 20.6 Å². The lowest BCUT2D eigenvalue weighted by Crippen LogP contribution is -2.51. The Labute approximate surface area is 160 Å². The molecule has 2 heterocycles. The number of benzene rings is 1. The number of hydrogen-bond donors (Lipinski definition) is 2. The van der Waals surface area contributed by atoms with E-state index in [0.717, 1.165) is 0 Å². The molecule has 9 heteroatoms. The zero-order chi connectivity index (χ0) is 19.9. The number of carbonyl (C=O) groups is 2. The van der Waals surface area contributed by atoms with Gasteiger partial charge < -0.3 is 15.5 Å². The van der Waals surface area contributed by atoms with E-state index < -0.39 is 11.6 Å². The topological polar surface area (TPSA) is 111 Å². The summed E-state index contributed by atoms with van der Waals surface area (Å²) in [5.41, 5.74) is 1.35. The molecule has 2 aromatic rings. The predicted molar refractivity (Wildman–Crippen MR) is 96.3 cm³/mol. The molecule has 142 valence electrons. The van der Waals surface area contributed by atoms with Gasteiger partial charge in [0, 0.05) is 11.3 Å². The van der Waals surface area contributed by atoms with Crippen molar-refractivity contribution in [3.63, 3.8) is 0 Å². The van der Waals surface area contributed by atoms with E-state index in [-0.39, 0.29) is 30.0 Å². The fourth-order valence-corrected chi connectivity index (χ4v) is 3.54. The maximum atomic E-state index is 13.7. The average Bonchev–Trinajstić information content (AvgIpc) is 3.47. The number of hydrogen-bond acceptors (Lipinski definition) is 5. The minimum absolute atomic E-state index is 0.157. The summed E-state index contributed by atoms with van der Waals surface area (Å²) >= 11 is 0. The molecule has 0 radical (unpaired) electrons. The van der Waals surface area contributed by atoms with Gasteiger partial charge in [-0.1, -0.05) is 0 Å². The monoisotopic (exact) mass is 380 g/mol. The second kappa shape index (κ2) is 6.56. The van der Waals surface area contributed by atoms with E-state index >= 15 is 0 Å². The highest BCUT2D eigenvalue weighted by Crippen LogP contribution is 2.55. The maximum Gasteiger partial charge on any atom is 0.323 e. The molecule has 0 unspecified atom stereocenters. The molecule has 0 bridgehead atoms. The van der Waals surface area contributed by atoms with Crippen molar-refractivity contribution in [3.05, 3.63) is 53.4 Å². The largest absolute Gasteiger partial charge is 0.346 e. The van der Waals surface area contributed by atoms with E-state index in [9.17, 15) is 14.0 Å². The number of anilines is 1. The van der Waals surface area contributed by atoms with Gasteiger partial charge in [-0.3, -0.25) is 9.78 Å². The number of carbonyl (C=O) groups excluding carboxylic acids is 2. The first-order valence-corrected chi connectivity index (χ1v) is 8.83. The first kappa shape index (κ1) is 17.9. The Morgan fingerprint density at radius 1 is 1.43 bits per heavy atom. The van der Waals surface area contributed by atoms with Gasteiger partial charge in [0.25, 0.3) is 0 Å². The second-order valence-electron chi connectivity index (χ2n) is 6.97. The molecular formula is C19H17FN6O2. The molecule has 8 nitrogen and oxygen atoms in total. The molecule has 1 aliphatic heterocycles. The minimum Gasteiger partial charge on any atom is -0.346 e. The van der Waals surface area contributed by atoms with Crippen molar-refractivity contribution in [2.24, 2.45) is 0 Å². The third kappa shape index (κ3) is 3.03. The summed E-state index contributed by atoms with van der Waals surface area (Å²) in [6.45, 7) is 1.58. The van der Waals surface area contributed by atoms with Crippen LogP contribution in [0.4, 0.5) is 14.9 Å². The van der Waals surface area contributed by atoms with Crippen LogP contribution in [-0.4, -0.2) is 33.4 Å². The molecule has 3 amide bonds. The summed E-state index contributed by atoms with van der Waals surface area (Å²) in [7, 11) is 0. The van der Waals surface area contributed by atoms with Crippen molar-refractivity contribution in [3.8, 4) is 6.07 Å². The molecule has 1 spiro atoms. The fourth-order valence-electron chi connectivity index (χ4n) is 3.54. The maximum absolute atomic E-state index is 13.7. The standard InChI is InChI=1S/C19H17FN6O2/c1-11(16-9-22-13(7-21)8-23-16)24-17(27)10-26-18(28)25-15-3-2-12(20)6-14(15)19(26)4-5-19/h2-3,6,8-9,11H,4-5,10H2,1H3,(H,24,27)(H,25,28)/t11-/m0/s1. The van der Waals surface area contributed by atoms with Gasteiger partial charge in [-0.2, -0.15) is 5.26 Å². The highest BCUT2D eigenvalue weighted by molar-refractivity contribution is 5.96. The quantitative estimate of drug-likeness (QED) is 0.845. The van der Waals surface area contributed by atoms with Crippen molar-refractivity contribution in [2.75, 3.05) is 11.9 Å². The molecule has 1 aliphatic carbocycles. The highest BCUT2D eigenvalue weighted by Gasteiger charge is 2.55. The Bertz CT molecular complexity index is 996. The molecule has 0 saturated heterocycles. The predicted octanol–water partition coefficient (Wildman–Crippen LogP) is 2.20. The van der Waals surface area contributed by atoms with Gasteiger partial charge in [0.15, 0.2) is 5.69 Å². The van der Waals surface area contributed by atoms with Gasteiger partial charge in [0.2, 0.25) is 5.91 Å². The van der Waals surface area contributed by atoms with Gasteiger partial charge in [0.05, 0.1) is 29.7 Å². The molecule has 4 rings (SSSR count). The lowest BCUT2D eigenvalue weighted by atomic mass is 9.98. The molecule has 2 aliphatic rings. The van der Waals surface area contributed by atoms with Gasteiger partial charge in [-0.05, 0) is 38.0 Å². The van der Waals surface area contributed by atoms with Crippen LogP contribution in [0.2, 0.25) is 0 Å². The fraction of sp³-hybridized carbons (Fsp3) is 0.316.